The Balaban J connectivity index is 2.00. The molecule has 2 aromatic rings. The van der Waals surface area contributed by atoms with E-state index in [0.29, 0.717) is 13.0 Å². The van der Waals surface area contributed by atoms with Gasteiger partial charge in [0.05, 0.1) is 5.52 Å². The minimum Gasteiger partial charge on any atom is -0.385 e. The molecular formula is C13H17N3O2. The van der Waals surface area contributed by atoms with Crippen molar-refractivity contribution in [1.82, 2.24) is 9.78 Å². The Morgan fingerprint density at radius 1 is 1.50 bits per heavy atom. The Kier molecular flexibility index (Phi) is 3.94. The maximum atomic E-state index is 11.6. The molecule has 96 valence electrons. The number of benzene rings is 1. The summed E-state index contributed by atoms with van der Waals surface area (Å²) in [5.74, 6) is 0.00953. The number of fused-ring (bicyclic) bond motifs is 1. The SMILES string of the molecule is COCCCC(=O)Nc1ccc2nn(C)cc2c1. The van der Waals surface area contributed by atoms with Crippen LogP contribution >= 0.6 is 0 Å². The summed E-state index contributed by atoms with van der Waals surface area (Å²) in [6, 6.07) is 5.69. The van der Waals surface area contributed by atoms with Gasteiger partial charge >= 0.3 is 0 Å². The molecule has 1 aromatic heterocycles. The highest BCUT2D eigenvalue weighted by molar-refractivity contribution is 5.93. The predicted octanol–water partition coefficient (Wildman–Crippen LogP) is 1.94. The van der Waals surface area contributed by atoms with E-state index in [1.54, 1.807) is 11.8 Å². The number of rotatable bonds is 5. The number of carbonyl (C=O) groups excluding carboxylic acids is 1. The zero-order valence-electron chi connectivity index (χ0n) is 10.6. The van der Waals surface area contributed by atoms with Crippen molar-refractivity contribution in [2.75, 3.05) is 19.0 Å². The smallest absolute Gasteiger partial charge is 0.224 e. The van der Waals surface area contributed by atoms with Crippen LogP contribution in [0.5, 0.6) is 0 Å². The lowest BCUT2D eigenvalue weighted by Crippen LogP contribution is -2.11. The largest absolute Gasteiger partial charge is 0.385 e. The Bertz CT molecular complexity index is 548. The summed E-state index contributed by atoms with van der Waals surface area (Å²) >= 11 is 0. The molecule has 1 N–H and O–H groups in total. The van der Waals surface area contributed by atoms with Gasteiger partial charge in [0.2, 0.25) is 5.91 Å². The molecule has 0 spiro atoms. The molecule has 5 nitrogen and oxygen atoms in total. The van der Waals surface area contributed by atoms with E-state index in [4.69, 9.17) is 4.74 Å². The number of amides is 1. The second kappa shape index (κ2) is 5.64. The lowest BCUT2D eigenvalue weighted by molar-refractivity contribution is -0.116. The summed E-state index contributed by atoms with van der Waals surface area (Å²) in [6.45, 7) is 0.606. The van der Waals surface area contributed by atoms with Gasteiger partial charge in [-0.15, -0.1) is 0 Å². The standard InChI is InChI=1S/C13H17N3O2/c1-16-9-10-8-11(5-6-12(10)15-16)14-13(17)4-3-7-18-2/h5-6,8-9H,3-4,7H2,1-2H3,(H,14,17). The molecular weight excluding hydrogens is 230 g/mol. The molecule has 0 atom stereocenters. The molecule has 0 aliphatic rings. The van der Waals surface area contributed by atoms with Gasteiger partial charge in [-0.25, -0.2) is 0 Å². The number of hydrogen-bond donors (Lipinski definition) is 1. The molecule has 0 aliphatic carbocycles. The Labute approximate surface area is 106 Å². The van der Waals surface area contributed by atoms with Crippen LogP contribution in [-0.2, 0) is 16.6 Å². The van der Waals surface area contributed by atoms with Crippen LogP contribution in [0.1, 0.15) is 12.8 Å². The Morgan fingerprint density at radius 2 is 2.33 bits per heavy atom. The fourth-order valence-electron chi connectivity index (χ4n) is 1.83. The molecule has 0 unspecified atom stereocenters. The second-order valence-corrected chi connectivity index (χ2v) is 4.22. The van der Waals surface area contributed by atoms with Gasteiger partial charge < -0.3 is 10.1 Å². The highest BCUT2D eigenvalue weighted by Gasteiger charge is 2.04. The average Bonchev–Trinajstić information content (AvgIpc) is 2.69. The molecule has 18 heavy (non-hydrogen) atoms. The molecule has 0 fully saturated rings. The van der Waals surface area contributed by atoms with Crippen LogP contribution in [0.15, 0.2) is 24.4 Å². The average molecular weight is 247 g/mol. The van der Waals surface area contributed by atoms with Gasteiger partial charge in [0.25, 0.3) is 0 Å². The number of methoxy groups -OCH3 is 1. The van der Waals surface area contributed by atoms with E-state index >= 15 is 0 Å². The molecule has 1 heterocycles. The van der Waals surface area contributed by atoms with Gasteiger partial charge in [-0.3, -0.25) is 9.48 Å². The lowest BCUT2D eigenvalue weighted by atomic mass is 10.2. The van der Waals surface area contributed by atoms with Crippen molar-refractivity contribution in [2.45, 2.75) is 12.8 Å². The van der Waals surface area contributed by atoms with E-state index in [2.05, 4.69) is 10.4 Å². The van der Waals surface area contributed by atoms with Crippen LogP contribution in [0.2, 0.25) is 0 Å². The van der Waals surface area contributed by atoms with Crippen LogP contribution in [0.3, 0.4) is 0 Å². The summed E-state index contributed by atoms with van der Waals surface area (Å²) < 4.78 is 6.67. The van der Waals surface area contributed by atoms with Gasteiger partial charge in [-0.1, -0.05) is 0 Å². The number of hydrogen-bond acceptors (Lipinski definition) is 3. The maximum absolute atomic E-state index is 11.6. The van der Waals surface area contributed by atoms with E-state index in [0.717, 1.165) is 23.0 Å². The van der Waals surface area contributed by atoms with Crippen molar-refractivity contribution in [1.29, 1.82) is 0 Å². The Hall–Kier alpha value is -1.88. The minimum absolute atomic E-state index is 0.00953. The molecule has 0 bridgehead atoms. The number of anilines is 1. The second-order valence-electron chi connectivity index (χ2n) is 4.22. The Morgan fingerprint density at radius 3 is 3.11 bits per heavy atom. The van der Waals surface area contributed by atoms with E-state index in [1.807, 2.05) is 31.4 Å². The van der Waals surface area contributed by atoms with Crippen LogP contribution in [-0.4, -0.2) is 29.4 Å². The number of nitrogens with one attached hydrogen (secondary N) is 1. The predicted molar refractivity (Wildman–Crippen MR) is 70.5 cm³/mol. The van der Waals surface area contributed by atoms with Gasteiger partial charge in [0, 0.05) is 44.5 Å². The number of carbonyl (C=O) groups is 1. The molecule has 5 heteroatoms. The van der Waals surface area contributed by atoms with Crippen molar-refractivity contribution >= 4 is 22.5 Å². The third kappa shape index (κ3) is 3.07. The minimum atomic E-state index is 0.00953. The van der Waals surface area contributed by atoms with Gasteiger partial charge in [-0.05, 0) is 24.6 Å². The molecule has 1 amide bonds. The van der Waals surface area contributed by atoms with E-state index < -0.39 is 0 Å². The van der Waals surface area contributed by atoms with Gasteiger partial charge in [0.1, 0.15) is 0 Å². The molecule has 0 radical (unpaired) electrons. The van der Waals surface area contributed by atoms with Crippen molar-refractivity contribution in [2.24, 2.45) is 7.05 Å². The zero-order chi connectivity index (χ0) is 13.0. The zero-order valence-corrected chi connectivity index (χ0v) is 10.6. The third-order valence-corrected chi connectivity index (χ3v) is 2.65. The molecule has 2 rings (SSSR count). The first-order valence-corrected chi connectivity index (χ1v) is 5.91. The topological polar surface area (TPSA) is 56.1 Å². The van der Waals surface area contributed by atoms with Gasteiger partial charge in [0.15, 0.2) is 0 Å². The number of nitrogens with zero attached hydrogens (tertiary/aromatic N) is 2. The lowest BCUT2D eigenvalue weighted by Gasteiger charge is -2.04. The molecule has 0 saturated heterocycles. The van der Waals surface area contributed by atoms with Crippen LogP contribution in [0.25, 0.3) is 10.9 Å². The quantitative estimate of drug-likeness (QED) is 0.821. The van der Waals surface area contributed by atoms with Crippen molar-refractivity contribution in [3.63, 3.8) is 0 Å². The summed E-state index contributed by atoms with van der Waals surface area (Å²) in [5.41, 5.74) is 1.73. The molecule has 0 saturated carbocycles. The monoisotopic (exact) mass is 247 g/mol. The third-order valence-electron chi connectivity index (χ3n) is 2.65. The fourth-order valence-corrected chi connectivity index (χ4v) is 1.83. The van der Waals surface area contributed by atoms with Crippen molar-refractivity contribution < 1.29 is 9.53 Å². The van der Waals surface area contributed by atoms with Crippen LogP contribution < -0.4 is 5.32 Å². The molecule has 1 aromatic carbocycles. The van der Waals surface area contributed by atoms with Crippen LogP contribution in [0, 0.1) is 0 Å². The molecule has 0 aliphatic heterocycles. The normalized spacial score (nSPS) is 10.8. The number of aryl methyl sites for hydroxylation is 1. The maximum Gasteiger partial charge on any atom is 0.224 e. The summed E-state index contributed by atoms with van der Waals surface area (Å²) in [6.07, 6.45) is 3.13. The summed E-state index contributed by atoms with van der Waals surface area (Å²) in [4.78, 5) is 11.6. The van der Waals surface area contributed by atoms with Crippen molar-refractivity contribution in [3.8, 4) is 0 Å². The highest BCUT2D eigenvalue weighted by Crippen LogP contribution is 2.17. The van der Waals surface area contributed by atoms with E-state index in [9.17, 15) is 4.79 Å². The first-order chi connectivity index (χ1) is 8.69. The van der Waals surface area contributed by atoms with E-state index in [1.165, 1.54) is 0 Å². The fraction of sp³-hybridized carbons (Fsp3) is 0.385. The van der Waals surface area contributed by atoms with E-state index in [-0.39, 0.29) is 5.91 Å². The first-order valence-electron chi connectivity index (χ1n) is 5.91. The van der Waals surface area contributed by atoms with Crippen LogP contribution in [0.4, 0.5) is 5.69 Å². The first kappa shape index (κ1) is 12.6. The van der Waals surface area contributed by atoms with Gasteiger partial charge in [-0.2, -0.15) is 5.10 Å². The number of aromatic nitrogens is 2. The highest BCUT2D eigenvalue weighted by atomic mass is 16.5. The summed E-state index contributed by atoms with van der Waals surface area (Å²) in [5, 5.41) is 8.17. The summed E-state index contributed by atoms with van der Waals surface area (Å²) in [7, 11) is 3.51. The van der Waals surface area contributed by atoms with Crippen molar-refractivity contribution in [3.05, 3.63) is 24.4 Å². The number of ether oxygens (including phenoxy) is 1.